The molecule has 0 aliphatic heterocycles. The lowest BCUT2D eigenvalue weighted by atomic mass is 10.2. The van der Waals surface area contributed by atoms with E-state index in [0.29, 0.717) is 12.1 Å². The Morgan fingerprint density at radius 3 is 2.79 bits per heavy atom. The fraction of sp³-hybridized carbons (Fsp3) is 0.100. The maximum atomic E-state index is 8.71. The molecule has 1 N–H and O–H groups in total. The summed E-state index contributed by atoms with van der Waals surface area (Å²) in [5.74, 6) is 0. The molecular formula is C10H8Br2N2. The van der Waals surface area contributed by atoms with Crippen molar-refractivity contribution in [3.63, 3.8) is 0 Å². The Hall–Kier alpha value is -0.790. The zero-order valence-corrected chi connectivity index (χ0v) is 10.5. The van der Waals surface area contributed by atoms with Gasteiger partial charge in [0.15, 0.2) is 0 Å². The zero-order valence-electron chi connectivity index (χ0n) is 7.35. The van der Waals surface area contributed by atoms with E-state index in [1.54, 1.807) is 6.07 Å². The zero-order chi connectivity index (χ0) is 10.6. The van der Waals surface area contributed by atoms with Crippen LogP contribution in [0.15, 0.2) is 33.7 Å². The van der Waals surface area contributed by atoms with Crippen LogP contribution in [0, 0.1) is 11.3 Å². The smallest absolute Gasteiger partial charge is 0.100 e. The third kappa shape index (κ3) is 3.17. The lowest BCUT2D eigenvalue weighted by molar-refractivity contribution is 1.32. The molecule has 14 heavy (non-hydrogen) atoms. The number of nitrogens with one attached hydrogen (secondary N) is 1. The number of halogens is 2. The summed E-state index contributed by atoms with van der Waals surface area (Å²) in [5, 5.41) is 11.9. The standard InChI is InChI=1S/C10H8Br2N2/c1-7(11)6-14-9-3-2-8(5-13)10(12)4-9/h2-4,14H,1,6H2. The van der Waals surface area contributed by atoms with Gasteiger partial charge in [-0.1, -0.05) is 22.5 Å². The van der Waals surface area contributed by atoms with E-state index in [0.717, 1.165) is 14.6 Å². The first-order chi connectivity index (χ1) is 6.63. The molecule has 0 aliphatic rings. The summed E-state index contributed by atoms with van der Waals surface area (Å²) in [6.07, 6.45) is 0. The molecule has 2 nitrogen and oxygen atoms in total. The first-order valence-electron chi connectivity index (χ1n) is 3.90. The predicted molar refractivity (Wildman–Crippen MR) is 65.4 cm³/mol. The number of hydrogen-bond acceptors (Lipinski definition) is 2. The van der Waals surface area contributed by atoms with E-state index in [1.165, 1.54) is 0 Å². The highest BCUT2D eigenvalue weighted by Gasteiger charge is 1.99. The van der Waals surface area contributed by atoms with Crippen LogP contribution < -0.4 is 5.32 Å². The maximum Gasteiger partial charge on any atom is 0.100 e. The van der Waals surface area contributed by atoms with Crippen molar-refractivity contribution in [2.24, 2.45) is 0 Å². The van der Waals surface area contributed by atoms with Crippen molar-refractivity contribution in [2.75, 3.05) is 11.9 Å². The largest absolute Gasteiger partial charge is 0.380 e. The summed E-state index contributed by atoms with van der Waals surface area (Å²) in [6, 6.07) is 7.58. The first-order valence-corrected chi connectivity index (χ1v) is 5.49. The van der Waals surface area contributed by atoms with Gasteiger partial charge in [0.05, 0.1) is 5.56 Å². The van der Waals surface area contributed by atoms with Crippen molar-refractivity contribution in [2.45, 2.75) is 0 Å². The monoisotopic (exact) mass is 314 g/mol. The van der Waals surface area contributed by atoms with Gasteiger partial charge in [-0.3, -0.25) is 0 Å². The molecule has 0 heterocycles. The van der Waals surface area contributed by atoms with Gasteiger partial charge in [0.1, 0.15) is 6.07 Å². The molecule has 0 radical (unpaired) electrons. The molecule has 0 aromatic heterocycles. The second-order valence-corrected chi connectivity index (χ2v) is 4.65. The van der Waals surface area contributed by atoms with E-state index in [4.69, 9.17) is 5.26 Å². The quantitative estimate of drug-likeness (QED) is 0.924. The first kappa shape index (κ1) is 11.3. The molecule has 1 aromatic rings. The molecule has 0 saturated carbocycles. The molecule has 1 rings (SSSR count). The number of anilines is 1. The predicted octanol–water partition coefficient (Wildman–Crippen LogP) is 3.64. The summed E-state index contributed by atoms with van der Waals surface area (Å²) in [5.41, 5.74) is 1.59. The van der Waals surface area contributed by atoms with Gasteiger partial charge < -0.3 is 5.32 Å². The third-order valence-electron chi connectivity index (χ3n) is 1.57. The third-order valence-corrected chi connectivity index (χ3v) is 2.51. The van der Waals surface area contributed by atoms with Gasteiger partial charge in [-0.05, 0) is 34.1 Å². The van der Waals surface area contributed by atoms with E-state index >= 15 is 0 Å². The molecule has 72 valence electrons. The van der Waals surface area contributed by atoms with Crippen LogP contribution in [0.25, 0.3) is 0 Å². The second kappa shape index (κ2) is 5.18. The van der Waals surface area contributed by atoms with E-state index in [-0.39, 0.29) is 0 Å². The van der Waals surface area contributed by atoms with Crippen LogP contribution in [0.3, 0.4) is 0 Å². The molecule has 1 aromatic carbocycles. The Labute approximate surface area is 99.9 Å². The van der Waals surface area contributed by atoms with Gasteiger partial charge in [-0.2, -0.15) is 5.26 Å². The Morgan fingerprint density at radius 2 is 2.29 bits per heavy atom. The summed E-state index contributed by atoms with van der Waals surface area (Å²) in [6.45, 7) is 4.38. The average Bonchev–Trinajstić information content (AvgIpc) is 2.15. The van der Waals surface area contributed by atoms with Crippen molar-refractivity contribution >= 4 is 37.5 Å². The Bertz CT molecular complexity index is 394. The maximum absolute atomic E-state index is 8.71. The van der Waals surface area contributed by atoms with Gasteiger partial charge in [0.2, 0.25) is 0 Å². The van der Waals surface area contributed by atoms with Crippen LogP contribution in [0.5, 0.6) is 0 Å². The lowest BCUT2D eigenvalue weighted by Gasteiger charge is -2.05. The van der Waals surface area contributed by atoms with E-state index in [2.05, 4.69) is 49.8 Å². The molecule has 4 heteroatoms. The van der Waals surface area contributed by atoms with E-state index in [1.807, 2.05) is 12.1 Å². The molecule has 0 atom stereocenters. The SMILES string of the molecule is C=C(Br)CNc1ccc(C#N)c(Br)c1. The number of benzene rings is 1. The Kier molecular flexibility index (Phi) is 4.18. The van der Waals surface area contributed by atoms with Gasteiger partial charge in [-0.25, -0.2) is 0 Å². The average molecular weight is 316 g/mol. The minimum atomic E-state index is 0.633. The molecule has 0 bridgehead atoms. The van der Waals surface area contributed by atoms with Crippen LogP contribution in [0.1, 0.15) is 5.56 Å². The molecule has 0 saturated heterocycles. The van der Waals surface area contributed by atoms with Gasteiger partial charge >= 0.3 is 0 Å². The molecular weight excluding hydrogens is 308 g/mol. The van der Waals surface area contributed by atoms with Gasteiger partial charge in [-0.15, -0.1) is 0 Å². The minimum absolute atomic E-state index is 0.633. The molecule has 0 spiro atoms. The highest BCUT2D eigenvalue weighted by atomic mass is 79.9. The van der Waals surface area contributed by atoms with Crippen LogP contribution in [-0.2, 0) is 0 Å². The van der Waals surface area contributed by atoms with Crippen LogP contribution >= 0.6 is 31.9 Å². The highest BCUT2D eigenvalue weighted by molar-refractivity contribution is 9.11. The number of rotatable bonds is 3. The van der Waals surface area contributed by atoms with Crippen molar-refractivity contribution in [3.8, 4) is 6.07 Å². The topological polar surface area (TPSA) is 35.8 Å². The number of nitrogens with zero attached hydrogens (tertiary/aromatic N) is 1. The van der Waals surface area contributed by atoms with Crippen molar-refractivity contribution < 1.29 is 0 Å². The molecule has 0 unspecified atom stereocenters. The van der Waals surface area contributed by atoms with Gasteiger partial charge in [0, 0.05) is 21.2 Å². The fourth-order valence-electron chi connectivity index (χ4n) is 0.914. The lowest BCUT2D eigenvalue weighted by Crippen LogP contribution is -2.00. The Morgan fingerprint density at radius 1 is 1.57 bits per heavy atom. The normalized spacial score (nSPS) is 9.21. The number of hydrogen-bond donors (Lipinski definition) is 1. The van der Waals surface area contributed by atoms with Crippen LogP contribution in [0.4, 0.5) is 5.69 Å². The minimum Gasteiger partial charge on any atom is -0.380 e. The summed E-state index contributed by atoms with van der Waals surface area (Å²) in [4.78, 5) is 0. The van der Waals surface area contributed by atoms with Crippen LogP contribution in [-0.4, -0.2) is 6.54 Å². The fourth-order valence-corrected chi connectivity index (χ4v) is 1.52. The van der Waals surface area contributed by atoms with Crippen LogP contribution in [0.2, 0.25) is 0 Å². The van der Waals surface area contributed by atoms with Crippen molar-refractivity contribution in [1.29, 1.82) is 5.26 Å². The summed E-state index contributed by atoms with van der Waals surface area (Å²) >= 11 is 6.58. The summed E-state index contributed by atoms with van der Waals surface area (Å²) in [7, 11) is 0. The summed E-state index contributed by atoms with van der Waals surface area (Å²) < 4.78 is 1.68. The number of nitriles is 1. The van der Waals surface area contributed by atoms with Crippen molar-refractivity contribution in [3.05, 3.63) is 39.3 Å². The highest BCUT2D eigenvalue weighted by Crippen LogP contribution is 2.21. The van der Waals surface area contributed by atoms with E-state index in [9.17, 15) is 0 Å². The van der Waals surface area contributed by atoms with Gasteiger partial charge in [0.25, 0.3) is 0 Å². The second-order valence-electron chi connectivity index (χ2n) is 2.68. The molecule has 0 amide bonds. The van der Waals surface area contributed by atoms with E-state index < -0.39 is 0 Å². The Balaban J connectivity index is 2.77. The molecule has 0 aliphatic carbocycles. The van der Waals surface area contributed by atoms with Crippen molar-refractivity contribution in [1.82, 2.24) is 0 Å². The molecule has 0 fully saturated rings.